The van der Waals surface area contributed by atoms with Gasteiger partial charge in [0.1, 0.15) is 5.82 Å². The quantitative estimate of drug-likeness (QED) is 0.802. The molecular weight excluding hydrogens is 232 g/mol. The molecule has 2 rings (SSSR count). The minimum atomic E-state index is 0.664. The molecule has 0 amide bonds. The first kappa shape index (κ1) is 14.4. The van der Waals surface area contributed by atoms with Crippen LogP contribution in [0, 0.1) is 11.8 Å². The first-order valence-electron chi connectivity index (χ1n) is 7.75. The van der Waals surface area contributed by atoms with Crippen LogP contribution in [0.15, 0.2) is 18.3 Å². The number of hydrogen-bond donors (Lipinski definition) is 0. The van der Waals surface area contributed by atoms with Gasteiger partial charge in [0, 0.05) is 19.3 Å². The molecule has 2 atom stereocenters. The van der Waals surface area contributed by atoms with Gasteiger partial charge in [-0.3, -0.25) is 0 Å². The second-order valence-corrected chi connectivity index (χ2v) is 6.56. The summed E-state index contributed by atoms with van der Waals surface area (Å²) in [5.41, 5.74) is 1.35. The number of anilines is 1. The zero-order valence-corrected chi connectivity index (χ0v) is 12.9. The topological polar surface area (TPSA) is 16.1 Å². The maximum atomic E-state index is 4.67. The molecule has 19 heavy (non-hydrogen) atoms. The largest absolute Gasteiger partial charge is 0.356 e. The van der Waals surface area contributed by atoms with E-state index in [2.05, 4.69) is 56.0 Å². The summed E-state index contributed by atoms with van der Waals surface area (Å²) in [4.78, 5) is 7.06. The van der Waals surface area contributed by atoms with E-state index in [9.17, 15) is 0 Å². The molecule has 1 heterocycles. The monoisotopic (exact) mass is 260 g/mol. The van der Waals surface area contributed by atoms with E-state index in [0.29, 0.717) is 12.0 Å². The van der Waals surface area contributed by atoms with Crippen molar-refractivity contribution in [3.05, 3.63) is 23.9 Å². The molecule has 1 fully saturated rings. The highest BCUT2D eigenvalue weighted by molar-refractivity contribution is 5.40. The van der Waals surface area contributed by atoms with Crippen molar-refractivity contribution in [2.75, 3.05) is 11.9 Å². The highest BCUT2D eigenvalue weighted by Gasteiger charge is 2.25. The van der Waals surface area contributed by atoms with Crippen LogP contribution in [0.2, 0.25) is 0 Å². The van der Waals surface area contributed by atoms with Gasteiger partial charge in [-0.25, -0.2) is 4.98 Å². The van der Waals surface area contributed by atoms with Crippen LogP contribution in [0.3, 0.4) is 0 Å². The Bertz CT molecular complexity index is 383. The van der Waals surface area contributed by atoms with Gasteiger partial charge in [0.15, 0.2) is 0 Å². The van der Waals surface area contributed by atoms with Crippen molar-refractivity contribution in [2.45, 2.75) is 58.9 Å². The highest BCUT2D eigenvalue weighted by Crippen LogP contribution is 2.29. The summed E-state index contributed by atoms with van der Waals surface area (Å²) in [5.74, 6) is 2.62. The van der Waals surface area contributed by atoms with Gasteiger partial charge in [0.2, 0.25) is 0 Å². The molecule has 2 nitrogen and oxygen atoms in total. The summed E-state index contributed by atoms with van der Waals surface area (Å²) >= 11 is 0. The van der Waals surface area contributed by atoms with E-state index < -0.39 is 0 Å². The van der Waals surface area contributed by atoms with Crippen molar-refractivity contribution >= 4 is 5.82 Å². The summed E-state index contributed by atoms with van der Waals surface area (Å²) in [6.45, 7) is 6.89. The van der Waals surface area contributed by atoms with Crippen LogP contribution in [0.25, 0.3) is 0 Å². The molecule has 1 aromatic rings. The fourth-order valence-corrected chi connectivity index (χ4v) is 3.26. The number of pyridine rings is 1. The predicted molar refractivity (Wildman–Crippen MR) is 82.6 cm³/mol. The zero-order valence-electron chi connectivity index (χ0n) is 12.9. The Morgan fingerprint density at radius 2 is 2.00 bits per heavy atom. The molecule has 0 unspecified atom stereocenters. The van der Waals surface area contributed by atoms with E-state index in [1.807, 2.05) is 0 Å². The molecule has 0 N–H and O–H groups in total. The van der Waals surface area contributed by atoms with Crippen LogP contribution in [-0.2, 0) is 6.42 Å². The first-order chi connectivity index (χ1) is 9.08. The van der Waals surface area contributed by atoms with E-state index >= 15 is 0 Å². The lowest BCUT2D eigenvalue weighted by atomic mass is 9.85. The average Bonchev–Trinajstić information content (AvgIpc) is 2.39. The van der Waals surface area contributed by atoms with Crippen LogP contribution in [0.5, 0.6) is 0 Å². The number of nitrogens with zero attached hydrogens (tertiary/aromatic N) is 2. The molecule has 0 radical (unpaired) electrons. The third-order valence-electron chi connectivity index (χ3n) is 4.38. The van der Waals surface area contributed by atoms with Crippen LogP contribution < -0.4 is 4.90 Å². The number of rotatable bonds is 4. The van der Waals surface area contributed by atoms with Crippen molar-refractivity contribution < 1.29 is 0 Å². The normalized spacial score (nSPS) is 23.6. The van der Waals surface area contributed by atoms with Gasteiger partial charge in [0.05, 0.1) is 0 Å². The lowest BCUT2D eigenvalue weighted by molar-refractivity contribution is 0.320. The fraction of sp³-hybridized carbons (Fsp3) is 0.706. The van der Waals surface area contributed by atoms with E-state index in [0.717, 1.165) is 18.2 Å². The third kappa shape index (κ3) is 3.71. The maximum absolute atomic E-state index is 4.67. The molecule has 2 heteroatoms. The molecule has 1 saturated carbocycles. The SMILES string of the molecule is CC(C)Cc1ccc(N(C)[C@@H]2CCCC[C@@H]2C)nc1. The number of hydrogen-bond acceptors (Lipinski definition) is 2. The van der Waals surface area contributed by atoms with Crippen molar-refractivity contribution in [1.82, 2.24) is 4.98 Å². The Morgan fingerprint density at radius 3 is 2.58 bits per heavy atom. The van der Waals surface area contributed by atoms with Gasteiger partial charge >= 0.3 is 0 Å². The molecule has 0 aromatic carbocycles. The first-order valence-corrected chi connectivity index (χ1v) is 7.75. The lowest BCUT2D eigenvalue weighted by Crippen LogP contribution is -2.39. The Balaban J connectivity index is 2.04. The molecule has 0 bridgehead atoms. The van der Waals surface area contributed by atoms with Crippen molar-refractivity contribution in [2.24, 2.45) is 11.8 Å². The zero-order chi connectivity index (χ0) is 13.8. The van der Waals surface area contributed by atoms with Gasteiger partial charge in [-0.1, -0.05) is 39.7 Å². The summed E-state index contributed by atoms with van der Waals surface area (Å²) in [6, 6.07) is 5.10. The fourth-order valence-electron chi connectivity index (χ4n) is 3.26. The Hall–Kier alpha value is -1.05. The molecule has 106 valence electrons. The van der Waals surface area contributed by atoms with Gasteiger partial charge in [-0.05, 0) is 42.7 Å². The number of aromatic nitrogens is 1. The molecule has 0 spiro atoms. The second kappa shape index (κ2) is 6.40. The standard InChI is InChI=1S/C17H28N2/c1-13(2)11-15-9-10-17(18-12-15)19(4)16-8-6-5-7-14(16)3/h9-10,12-14,16H,5-8,11H2,1-4H3/t14-,16+/m0/s1. The maximum Gasteiger partial charge on any atom is 0.128 e. The minimum absolute atomic E-state index is 0.664. The lowest BCUT2D eigenvalue weighted by Gasteiger charge is -2.37. The van der Waals surface area contributed by atoms with E-state index in [4.69, 9.17) is 0 Å². The van der Waals surface area contributed by atoms with Crippen LogP contribution >= 0.6 is 0 Å². The summed E-state index contributed by atoms with van der Waals surface area (Å²) in [6.07, 6.45) is 8.61. The Kier molecular flexibility index (Phi) is 4.84. The molecule has 1 aromatic heterocycles. The summed E-state index contributed by atoms with van der Waals surface area (Å²) in [5, 5.41) is 0. The van der Waals surface area contributed by atoms with Gasteiger partial charge < -0.3 is 4.90 Å². The third-order valence-corrected chi connectivity index (χ3v) is 4.38. The average molecular weight is 260 g/mol. The summed E-state index contributed by atoms with van der Waals surface area (Å²) < 4.78 is 0. The van der Waals surface area contributed by atoms with Gasteiger partial charge in [-0.2, -0.15) is 0 Å². The highest BCUT2D eigenvalue weighted by atomic mass is 15.2. The van der Waals surface area contributed by atoms with Gasteiger partial charge in [-0.15, -0.1) is 0 Å². The molecule has 1 aliphatic carbocycles. The smallest absolute Gasteiger partial charge is 0.128 e. The minimum Gasteiger partial charge on any atom is -0.356 e. The Labute approximate surface area is 118 Å². The summed E-state index contributed by atoms with van der Waals surface area (Å²) in [7, 11) is 2.21. The van der Waals surface area contributed by atoms with E-state index in [-0.39, 0.29) is 0 Å². The van der Waals surface area contributed by atoms with Crippen LogP contribution in [0.4, 0.5) is 5.82 Å². The molecular formula is C17H28N2. The van der Waals surface area contributed by atoms with E-state index in [1.54, 1.807) is 0 Å². The van der Waals surface area contributed by atoms with Crippen molar-refractivity contribution in [3.63, 3.8) is 0 Å². The van der Waals surface area contributed by atoms with Crippen LogP contribution in [0.1, 0.15) is 52.0 Å². The van der Waals surface area contributed by atoms with E-state index in [1.165, 1.54) is 31.2 Å². The van der Waals surface area contributed by atoms with Crippen LogP contribution in [-0.4, -0.2) is 18.1 Å². The molecule has 0 saturated heterocycles. The van der Waals surface area contributed by atoms with Gasteiger partial charge in [0.25, 0.3) is 0 Å². The predicted octanol–water partition coefficient (Wildman–Crippen LogP) is 4.30. The molecule has 1 aliphatic rings. The second-order valence-electron chi connectivity index (χ2n) is 6.56. The van der Waals surface area contributed by atoms with Crippen molar-refractivity contribution in [1.29, 1.82) is 0 Å². The molecule has 0 aliphatic heterocycles. The Morgan fingerprint density at radius 1 is 1.26 bits per heavy atom. The van der Waals surface area contributed by atoms with Crippen molar-refractivity contribution in [3.8, 4) is 0 Å².